The van der Waals surface area contributed by atoms with Gasteiger partial charge in [0, 0.05) is 20.1 Å². The van der Waals surface area contributed by atoms with Crippen LogP contribution in [-0.4, -0.2) is 39.7 Å². The lowest BCUT2D eigenvalue weighted by atomic mass is 10.1. The van der Waals surface area contributed by atoms with Crippen molar-refractivity contribution in [2.45, 2.75) is 29.3 Å². The molecule has 0 saturated heterocycles. The Labute approximate surface area is 161 Å². The molecule has 1 saturated carbocycles. The van der Waals surface area contributed by atoms with Crippen LogP contribution in [-0.2, 0) is 4.79 Å². The van der Waals surface area contributed by atoms with Crippen LogP contribution in [0.5, 0.6) is 0 Å². The molecule has 1 aliphatic rings. The first kappa shape index (κ1) is 17.3. The van der Waals surface area contributed by atoms with Crippen molar-refractivity contribution < 1.29 is 4.79 Å². The van der Waals surface area contributed by atoms with Gasteiger partial charge in [-0.15, -0.1) is 21.5 Å². The standard InChI is InChI=1S/C19H20N4OS2/c1-22(2)18(24)16(13-7-4-3-5-8-13)26-19-21-20-17(15-9-6-12-25-15)23(19)14-10-11-14/h3-9,12,14,16H,10-11H2,1-2H3/t16-/m1/s1. The van der Waals surface area contributed by atoms with Gasteiger partial charge in [0.25, 0.3) is 0 Å². The van der Waals surface area contributed by atoms with Gasteiger partial charge in [0.1, 0.15) is 5.25 Å². The fourth-order valence-electron chi connectivity index (χ4n) is 2.82. The van der Waals surface area contributed by atoms with Crippen molar-refractivity contribution in [2.24, 2.45) is 0 Å². The van der Waals surface area contributed by atoms with Crippen molar-refractivity contribution in [1.29, 1.82) is 0 Å². The maximum absolute atomic E-state index is 12.8. The van der Waals surface area contributed by atoms with Crippen molar-refractivity contribution in [1.82, 2.24) is 19.7 Å². The highest BCUT2D eigenvalue weighted by molar-refractivity contribution is 8.00. The van der Waals surface area contributed by atoms with Gasteiger partial charge < -0.3 is 4.90 Å². The largest absolute Gasteiger partial charge is 0.348 e. The second-order valence-corrected chi connectivity index (χ2v) is 8.55. The summed E-state index contributed by atoms with van der Waals surface area (Å²) >= 11 is 3.16. The number of likely N-dealkylation sites (N-methyl/N-ethyl adjacent to an activating group) is 1. The molecule has 0 N–H and O–H groups in total. The number of thiophene rings is 1. The first-order chi connectivity index (χ1) is 12.6. The van der Waals surface area contributed by atoms with Crippen LogP contribution in [0.3, 0.4) is 0 Å². The molecular weight excluding hydrogens is 364 g/mol. The number of carbonyl (C=O) groups excluding carboxylic acids is 1. The summed E-state index contributed by atoms with van der Waals surface area (Å²) in [6.45, 7) is 0. The molecule has 1 atom stereocenters. The Morgan fingerprint density at radius 1 is 1.19 bits per heavy atom. The van der Waals surface area contributed by atoms with Crippen LogP contribution in [0.4, 0.5) is 0 Å². The molecule has 3 aromatic rings. The topological polar surface area (TPSA) is 51.0 Å². The van der Waals surface area contributed by atoms with Crippen molar-refractivity contribution in [3.8, 4) is 10.7 Å². The van der Waals surface area contributed by atoms with E-state index in [1.807, 2.05) is 36.4 Å². The number of rotatable bonds is 6. The fraction of sp³-hybridized carbons (Fsp3) is 0.316. The molecule has 5 nitrogen and oxygen atoms in total. The third-order valence-corrected chi connectivity index (χ3v) is 6.37. The molecule has 2 aromatic heterocycles. The molecule has 1 amide bonds. The Balaban J connectivity index is 1.71. The van der Waals surface area contributed by atoms with Gasteiger partial charge in [-0.25, -0.2) is 0 Å². The average molecular weight is 385 g/mol. The smallest absolute Gasteiger partial charge is 0.240 e. The van der Waals surface area contributed by atoms with Crippen LogP contribution in [0.25, 0.3) is 10.7 Å². The highest BCUT2D eigenvalue weighted by atomic mass is 32.2. The van der Waals surface area contributed by atoms with Gasteiger partial charge in [-0.1, -0.05) is 48.2 Å². The predicted octanol–water partition coefficient (Wildman–Crippen LogP) is 4.26. The maximum atomic E-state index is 12.8. The van der Waals surface area contributed by atoms with Crippen molar-refractivity contribution in [3.63, 3.8) is 0 Å². The fourth-order valence-corrected chi connectivity index (χ4v) is 4.78. The lowest BCUT2D eigenvalue weighted by molar-refractivity contribution is -0.128. The lowest BCUT2D eigenvalue weighted by Gasteiger charge is -2.20. The van der Waals surface area contributed by atoms with Crippen LogP contribution in [0.2, 0.25) is 0 Å². The van der Waals surface area contributed by atoms with Crippen molar-refractivity contribution in [2.75, 3.05) is 14.1 Å². The zero-order valence-corrected chi connectivity index (χ0v) is 16.3. The Bertz CT molecular complexity index is 886. The summed E-state index contributed by atoms with van der Waals surface area (Å²) in [4.78, 5) is 15.6. The normalized spacial score (nSPS) is 15.0. The molecular formula is C19H20N4OS2. The molecule has 134 valence electrons. The minimum absolute atomic E-state index is 0.0595. The van der Waals surface area contributed by atoms with Crippen LogP contribution < -0.4 is 0 Å². The molecule has 1 aromatic carbocycles. The first-order valence-corrected chi connectivity index (χ1v) is 10.3. The van der Waals surface area contributed by atoms with E-state index in [0.717, 1.165) is 34.3 Å². The molecule has 7 heteroatoms. The van der Waals surface area contributed by atoms with Crippen molar-refractivity contribution in [3.05, 3.63) is 53.4 Å². The number of hydrogen-bond donors (Lipinski definition) is 0. The number of benzene rings is 1. The van der Waals surface area contributed by atoms with Crippen LogP contribution in [0.15, 0.2) is 53.0 Å². The summed E-state index contributed by atoms with van der Waals surface area (Å²) < 4.78 is 2.22. The van der Waals surface area contributed by atoms with E-state index in [-0.39, 0.29) is 11.2 Å². The zero-order chi connectivity index (χ0) is 18.1. The monoisotopic (exact) mass is 384 g/mol. The Morgan fingerprint density at radius 2 is 1.96 bits per heavy atom. The van der Waals surface area contributed by atoms with E-state index < -0.39 is 0 Å². The number of nitrogens with zero attached hydrogens (tertiary/aromatic N) is 4. The summed E-state index contributed by atoms with van der Waals surface area (Å²) in [6.07, 6.45) is 2.28. The molecule has 0 radical (unpaired) electrons. The second-order valence-electron chi connectivity index (χ2n) is 6.53. The van der Waals surface area contributed by atoms with E-state index in [1.165, 1.54) is 11.8 Å². The lowest BCUT2D eigenvalue weighted by Crippen LogP contribution is -2.27. The molecule has 4 rings (SSSR count). The van der Waals surface area contributed by atoms with Gasteiger partial charge in [0.15, 0.2) is 11.0 Å². The second kappa shape index (κ2) is 7.25. The van der Waals surface area contributed by atoms with E-state index in [0.29, 0.717) is 6.04 Å². The number of amides is 1. The molecule has 1 fully saturated rings. The number of hydrogen-bond acceptors (Lipinski definition) is 5. The summed E-state index contributed by atoms with van der Waals surface area (Å²) in [5, 5.41) is 11.4. The third-order valence-electron chi connectivity index (χ3n) is 4.31. The van der Waals surface area contributed by atoms with Crippen molar-refractivity contribution >= 4 is 29.0 Å². The first-order valence-electron chi connectivity index (χ1n) is 8.56. The van der Waals surface area contributed by atoms with E-state index in [4.69, 9.17) is 0 Å². The molecule has 0 bridgehead atoms. The van der Waals surface area contributed by atoms with Gasteiger partial charge in [-0.2, -0.15) is 0 Å². The molecule has 0 aliphatic heterocycles. The highest BCUT2D eigenvalue weighted by Gasteiger charge is 2.33. The average Bonchev–Trinajstić information content (AvgIpc) is 3.18. The summed E-state index contributed by atoms with van der Waals surface area (Å²) in [7, 11) is 3.59. The molecule has 26 heavy (non-hydrogen) atoms. The Morgan fingerprint density at radius 3 is 2.58 bits per heavy atom. The molecule has 0 unspecified atom stereocenters. The van der Waals surface area contributed by atoms with Gasteiger partial charge in [0.05, 0.1) is 4.88 Å². The SMILES string of the molecule is CN(C)C(=O)[C@H](Sc1nnc(-c2cccs2)n1C1CC1)c1ccccc1. The molecule has 0 spiro atoms. The molecule has 1 aliphatic carbocycles. The van der Waals surface area contributed by atoms with Gasteiger partial charge in [0.2, 0.25) is 5.91 Å². The Kier molecular flexibility index (Phi) is 4.82. The van der Waals surface area contributed by atoms with E-state index in [1.54, 1.807) is 30.3 Å². The van der Waals surface area contributed by atoms with Crippen LogP contribution in [0.1, 0.15) is 29.7 Å². The summed E-state index contributed by atoms with van der Waals surface area (Å²) in [5.74, 6) is 0.971. The van der Waals surface area contributed by atoms with E-state index in [2.05, 4.69) is 26.2 Å². The predicted molar refractivity (Wildman–Crippen MR) is 105 cm³/mol. The number of carbonyl (C=O) groups is 1. The molecule has 2 heterocycles. The number of thioether (sulfide) groups is 1. The van der Waals surface area contributed by atoms with Gasteiger partial charge >= 0.3 is 0 Å². The van der Waals surface area contributed by atoms with Gasteiger partial charge in [-0.05, 0) is 29.9 Å². The van der Waals surface area contributed by atoms with Gasteiger partial charge in [-0.3, -0.25) is 9.36 Å². The van der Waals surface area contributed by atoms with E-state index >= 15 is 0 Å². The van der Waals surface area contributed by atoms with Crippen LogP contribution >= 0.6 is 23.1 Å². The Hall–Kier alpha value is -2.12. The third kappa shape index (κ3) is 3.41. The highest BCUT2D eigenvalue weighted by Crippen LogP contribution is 2.44. The quantitative estimate of drug-likeness (QED) is 0.596. The summed E-state index contributed by atoms with van der Waals surface area (Å²) in [5.41, 5.74) is 0.985. The number of aromatic nitrogens is 3. The summed E-state index contributed by atoms with van der Waals surface area (Å²) in [6, 6.07) is 14.4. The van der Waals surface area contributed by atoms with Crippen LogP contribution in [0, 0.1) is 0 Å². The van der Waals surface area contributed by atoms with E-state index in [9.17, 15) is 4.79 Å². The zero-order valence-electron chi connectivity index (χ0n) is 14.7. The minimum Gasteiger partial charge on any atom is -0.348 e. The maximum Gasteiger partial charge on any atom is 0.240 e. The minimum atomic E-state index is -0.330.